The molecule has 0 spiro atoms. The maximum Gasteiger partial charge on any atom is 0.317 e. The number of nitrogens with zero attached hydrogens (tertiary/aromatic N) is 1. The van der Waals surface area contributed by atoms with Crippen LogP contribution in [0.5, 0.6) is 5.75 Å². The smallest absolute Gasteiger partial charge is 0.317 e. The van der Waals surface area contributed by atoms with E-state index in [1.54, 1.807) is 31.4 Å². The second-order valence-corrected chi connectivity index (χ2v) is 5.77. The van der Waals surface area contributed by atoms with Crippen LogP contribution < -0.4 is 21.2 Å². The molecule has 3 rings (SSSR count). The SMILES string of the molecule is COc1ccccc1CCNC(=O)Cn1c(=O)c(=O)[nH]c2ccccc21. The summed E-state index contributed by atoms with van der Waals surface area (Å²) in [5.41, 5.74) is 0.513. The zero-order chi connectivity index (χ0) is 18.5. The van der Waals surface area contributed by atoms with Crippen LogP contribution in [-0.4, -0.2) is 29.1 Å². The number of aromatic amines is 1. The zero-order valence-corrected chi connectivity index (χ0v) is 14.3. The molecule has 2 N–H and O–H groups in total. The van der Waals surface area contributed by atoms with Gasteiger partial charge in [0.2, 0.25) is 5.91 Å². The minimum absolute atomic E-state index is 0.213. The van der Waals surface area contributed by atoms with Crippen molar-refractivity contribution in [2.45, 2.75) is 13.0 Å². The molecule has 1 amide bonds. The van der Waals surface area contributed by atoms with E-state index in [-0.39, 0.29) is 12.5 Å². The first-order valence-corrected chi connectivity index (χ1v) is 8.20. The van der Waals surface area contributed by atoms with Crippen LogP contribution in [0.3, 0.4) is 0 Å². The van der Waals surface area contributed by atoms with Crippen molar-refractivity contribution in [2.24, 2.45) is 0 Å². The number of ether oxygens (including phenoxy) is 1. The predicted octanol–water partition coefficient (Wildman–Crippen LogP) is 1.06. The van der Waals surface area contributed by atoms with Crippen LogP contribution >= 0.6 is 0 Å². The number of H-pyrrole nitrogens is 1. The lowest BCUT2D eigenvalue weighted by Crippen LogP contribution is -2.40. The number of hydrogen-bond donors (Lipinski definition) is 2. The third kappa shape index (κ3) is 3.66. The molecule has 7 nitrogen and oxygen atoms in total. The lowest BCUT2D eigenvalue weighted by atomic mass is 10.1. The molecule has 7 heteroatoms. The van der Waals surface area contributed by atoms with Crippen molar-refractivity contribution in [3.8, 4) is 5.75 Å². The van der Waals surface area contributed by atoms with Crippen molar-refractivity contribution in [1.82, 2.24) is 14.9 Å². The fraction of sp³-hybridized carbons (Fsp3) is 0.211. The maximum absolute atomic E-state index is 12.3. The van der Waals surface area contributed by atoms with E-state index in [1.807, 2.05) is 24.3 Å². The first kappa shape index (κ1) is 17.5. The minimum atomic E-state index is -0.747. The number of hydrogen-bond acceptors (Lipinski definition) is 4. The molecule has 1 aromatic heterocycles. The van der Waals surface area contributed by atoms with Gasteiger partial charge in [0.1, 0.15) is 12.3 Å². The molecule has 0 fully saturated rings. The molecule has 0 atom stereocenters. The first-order chi connectivity index (χ1) is 12.6. The van der Waals surface area contributed by atoms with Crippen molar-refractivity contribution in [2.75, 3.05) is 13.7 Å². The summed E-state index contributed by atoms with van der Waals surface area (Å²) < 4.78 is 6.47. The molecule has 0 bridgehead atoms. The summed E-state index contributed by atoms with van der Waals surface area (Å²) in [6.07, 6.45) is 0.598. The van der Waals surface area contributed by atoms with Crippen LogP contribution in [0.2, 0.25) is 0 Å². The fourth-order valence-electron chi connectivity index (χ4n) is 2.83. The van der Waals surface area contributed by atoms with Crippen LogP contribution in [0.15, 0.2) is 58.1 Å². The molecule has 0 radical (unpaired) electrons. The van der Waals surface area contributed by atoms with Gasteiger partial charge in [0, 0.05) is 6.54 Å². The Kier molecular flexibility index (Phi) is 5.17. The lowest BCUT2D eigenvalue weighted by molar-refractivity contribution is -0.121. The van der Waals surface area contributed by atoms with Gasteiger partial charge in [0.15, 0.2) is 0 Å². The van der Waals surface area contributed by atoms with E-state index in [9.17, 15) is 14.4 Å². The predicted molar refractivity (Wildman–Crippen MR) is 98.5 cm³/mol. The Balaban J connectivity index is 1.71. The second-order valence-electron chi connectivity index (χ2n) is 5.77. The zero-order valence-electron chi connectivity index (χ0n) is 14.3. The summed E-state index contributed by atoms with van der Waals surface area (Å²) >= 11 is 0. The van der Waals surface area contributed by atoms with E-state index in [4.69, 9.17) is 4.74 Å². The van der Waals surface area contributed by atoms with Gasteiger partial charge in [-0.25, -0.2) is 0 Å². The largest absolute Gasteiger partial charge is 0.496 e. The summed E-state index contributed by atoms with van der Waals surface area (Å²) in [4.78, 5) is 38.7. The Morgan fingerprint density at radius 3 is 2.65 bits per heavy atom. The third-order valence-electron chi connectivity index (χ3n) is 4.09. The summed E-state index contributed by atoms with van der Waals surface area (Å²) in [7, 11) is 1.60. The van der Waals surface area contributed by atoms with E-state index in [1.165, 1.54) is 4.57 Å². The van der Waals surface area contributed by atoms with Crippen LogP contribution in [0, 0.1) is 0 Å². The number of carbonyl (C=O) groups excluding carboxylic acids is 1. The molecule has 2 aromatic carbocycles. The van der Waals surface area contributed by atoms with Crippen molar-refractivity contribution in [3.05, 3.63) is 74.8 Å². The van der Waals surface area contributed by atoms with E-state index in [2.05, 4.69) is 10.3 Å². The Morgan fingerprint density at radius 1 is 1.12 bits per heavy atom. The number of fused-ring (bicyclic) bond motifs is 1. The molecule has 0 unspecified atom stereocenters. The lowest BCUT2D eigenvalue weighted by Gasteiger charge is -2.11. The molecule has 26 heavy (non-hydrogen) atoms. The highest BCUT2D eigenvalue weighted by Crippen LogP contribution is 2.17. The highest BCUT2D eigenvalue weighted by molar-refractivity contribution is 5.79. The molecule has 0 aliphatic rings. The Bertz CT molecular complexity index is 1050. The summed E-state index contributed by atoms with van der Waals surface area (Å²) in [5.74, 6) is 0.427. The maximum atomic E-state index is 12.3. The number of methoxy groups -OCH3 is 1. The molecule has 0 aliphatic heterocycles. The van der Waals surface area contributed by atoms with Gasteiger partial charge >= 0.3 is 11.1 Å². The van der Waals surface area contributed by atoms with Gasteiger partial charge in [-0.2, -0.15) is 0 Å². The van der Waals surface area contributed by atoms with Crippen LogP contribution in [0.25, 0.3) is 11.0 Å². The average Bonchev–Trinajstić information content (AvgIpc) is 2.66. The molecule has 134 valence electrons. The molecule has 0 aliphatic carbocycles. The molecular formula is C19H19N3O4. The van der Waals surface area contributed by atoms with E-state index in [0.717, 1.165) is 11.3 Å². The Hall–Kier alpha value is -3.35. The Labute approximate surface area is 149 Å². The molecule has 0 saturated heterocycles. The normalized spacial score (nSPS) is 10.7. The van der Waals surface area contributed by atoms with Gasteiger partial charge in [-0.3, -0.25) is 19.0 Å². The summed E-state index contributed by atoms with van der Waals surface area (Å²) in [6.45, 7) is 0.185. The number of nitrogens with one attached hydrogen (secondary N) is 2. The Morgan fingerprint density at radius 2 is 1.85 bits per heavy atom. The highest BCUT2D eigenvalue weighted by Gasteiger charge is 2.11. The topological polar surface area (TPSA) is 93.2 Å². The number of amides is 1. The molecule has 1 heterocycles. The van der Waals surface area contributed by atoms with Gasteiger partial charge in [-0.05, 0) is 30.2 Å². The van der Waals surface area contributed by atoms with Gasteiger partial charge in [-0.1, -0.05) is 30.3 Å². The molecule has 0 saturated carbocycles. The quantitative estimate of drug-likeness (QED) is 0.648. The minimum Gasteiger partial charge on any atom is -0.496 e. The molecule has 3 aromatic rings. The van der Waals surface area contributed by atoms with Gasteiger partial charge in [-0.15, -0.1) is 0 Å². The fourth-order valence-corrected chi connectivity index (χ4v) is 2.83. The summed E-state index contributed by atoms with van der Waals surface area (Å²) in [5, 5.41) is 2.78. The van der Waals surface area contributed by atoms with Gasteiger partial charge in [0.05, 0.1) is 18.1 Å². The van der Waals surface area contributed by atoms with Crippen LogP contribution in [0.1, 0.15) is 5.56 Å². The van der Waals surface area contributed by atoms with Crippen molar-refractivity contribution < 1.29 is 9.53 Å². The second kappa shape index (κ2) is 7.69. The van der Waals surface area contributed by atoms with E-state index >= 15 is 0 Å². The van der Waals surface area contributed by atoms with Gasteiger partial charge < -0.3 is 15.0 Å². The number of carbonyl (C=O) groups is 1. The number of aromatic nitrogens is 2. The number of para-hydroxylation sites is 3. The third-order valence-corrected chi connectivity index (χ3v) is 4.09. The molecular weight excluding hydrogens is 334 g/mol. The highest BCUT2D eigenvalue weighted by atomic mass is 16.5. The van der Waals surface area contributed by atoms with Crippen LogP contribution in [0.4, 0.5) is 0 Å². The van der Waals surface area contributed by atoms with E-state index < -0.39 is 11.1 Å². The van der Waals surface area contributed by atoms with Crippen LogP contribution in [-0.2, 0) is 17.8 Å². The monoisotopic (exact) mass is 353 g/mol. The number of benzene rings is 2. The van der Waals surface area contributed by atoms with Crippen molar-refractivity contribution in [1.29, 1.82) is 0 Å². The van der Waals surface area contributed by atoms with E-state index in [0.29, 0.717) is 24.0 Å². The van der Waals surface area contributed by atoms with Crippen molar-refractivity contribution in [3.63, 3.8) is 0 Å². The standard InChI is InChI=1S/C19H19N3O4/c1-26-16-9-5-2-6-13(16)10-11-20-17(23)12-22-15-8-4-3-7-14(15)21-18(24)19(22)25/h2-9H,10-12H2,1H3,(H,20,23)(H,21,24). The van der Waals surface area contributed by atoms with Crippen molar-refractivity contribution >= 4 is 16.9 Å². The summed E-state index contributed by atoms with van der Waals surface area (Å²) in [6, 6.07) is 14.4. The number of rotatable bonds is 6. The van der Waals surface area contributed by atoms with Gasteiger partial charge in [0.25, 0.3) is 0 Å². The average molecular weight is 353 g/mol. The first-order valence-electron chi connectivity index (χ1n) is 8.20.